The molecular weight excluding hydrogens is 759 g/mol. The van der Waals surface area contributed by atoms with Crippen molar-refractivity contribution in [1.82, 2.24) is 4.40 Å². The summed E-state index contributed by atoms with van der Waals surface area (Å²) in [6.45, 7) is 10.1. The lowest BCUT2D eigenvalue weighted by molar-refractivity contribution is -0.815. The van der Waals surface area contributed by atoms with Crippen molar-refractivity contribution >= 4 is 75.3 Å². The maximum Gasteiger partial charge on any atom is 0.270 e. The predicted octanol–water partition coefficient (Wildman–Crippen LogP) is 13.5. The summed E-state index contributed by atoms with van der Waals surface area (Å²) in [6.07, 6.45) is 13.3. The van der Waals surface area contributed by atoms with E-state index in [1.54, 1.807) is 0 Å². The molecule has 4 atom stereocenters. The number of pyridine rings is 2. The Kier molecular flexibility index (Phi) is 6.95. The van der Waals surface area contributed by atoms with Gasteiger partial charge in [-0.15, -0.1) is 11.3 Å². The number of hydrogen-bond acceptors (Lipinski definition) is 1. The second kappa shape index (κ2) is 12.2. The van der Waals surface area contributed by atoms with Gasteiger partial charge in [0.25, 0.3) is 11.2 Å². The Bertz CT molecular complexity index is 3550. The van der Waals surface area contributed by atoms with Crippen LogP contribution in [0.25, 0.3) is 86.5 Å². The minimum atomic E-state index is -0.331. The van der Waals surface area contributed by atoms with Crippen molar-refractivity contribution in [2.24, 2.45) is 11.8 Å². The third kappa shape index (κ3) is 4.34. The highest BCUT2D eigenvalue weighted by atomic mass is 32.1. The topological polar surface area (TPSA) is 12.2 Å². The molecule has 1 spiro atoms. The van der Waals surface area contributed by atoms with Crippen LogP contribution in [-0.4, -0.2) is 4.40 Å². The normalized spacial score (nSPS) is 22.9. The molecule has 3 aliphatic heterocycles. The lowest BCUT2D eigenvalue weighted by Crippen LogP contribution is -2.81. The Balaban J connectivity index is 1.06. The first-order valence-electron chi connectivity index (χ1n) is 22.9. The zero-order valence-electron chi connectivity index (χ0n) is 35.1. The monoisotopic (exact) mass is 807 g/mol. The third-order valence-corrected chi connectivity index (χ3v) is 17.7. The van der Waals surface area contributed by atoms with E-state index in [0.29, 0.717) is 0 Å². The number of aromatic nitrogens is 3. The van der Waals surface area contributed by atoms with E-state index >= 15 is 0 Å². The lowest BCUT2D eigenvalue weighted by atomic mass is 9.54. The number of rotatable bonds is 4. The van der Waals surface area contributed by atoms with Crippen molar-refractivity contribution in [1.29, 1.82) is 0 Å². The van der Waals surface area contributed by atoms with E-state index < -0.39 is 0 Å². The molecule has 1 saturated carbocycles. The molecule has 1 fully saturated rings. The summed E-state index contributed by atoms with van der Waals surface area (Å²) in [6, 6.07) is 47.1. The first-order chi connectivity index (χ1) is 29.9. The second-order valence-electron chi connectivity index (χ2n) is 19.4. The van der Waals surface area contributed by atoms with E-state index in [1.165, 1.54) is 147 Å². The van der Waals surface area contributed by atoms with Crippen molar-refractivity contribution in [2.45, 2.75) is 82.6 Å². The second-order valence-corrected chi connectivity index (χ2v) is 20.5. The Labute approximate surface area is 360 Å². The van der Waals surface area contributed by atoms with Gasteiger partial charge in [0.1, 0.15) is 6.42 Å². The average molecular weight is 808 g/mol. The van der Waals surface area contributed by atoms with Crippen LogP contribution in [0.4, 0.5) is 0 Å². The van der Waals surface area contributed by atoms with Crippen molar-refractivity contribution in [3.8, 4) is 22.5 Å². The number of nitrogens with zero attached hydrogens (tertiary/aromatic N) is 3. The van der Waals surface area contributed by atoms with E-state index in [4.69, 9.17) is 6.58 Å². The molecular formula is C57H49N3S+2. The number of hydrogen-bond donors (Lipinski definition) is 0. The van der Waals surface area contributed by atoms with Crippen LogP contribution in [0.3, 0.4) is 0 Å². The molecule has 0 radical (unpaired) electrons. The quantitative estimate of drug-likeness (QED) is 0.157. The molecule has 61 heavy (non-hydrogen) atoms. The minimum absolute atomic E-state index is 0.243. The maximum atomic E-state index is 5.17. The standard InChI is InChI=1S/C57H49N3S/c1-4-12-35-20-21-36(27-35)28-37-29-39-33-57-34(2)58-26-10-9-18-48(58)40-14-6-5-13-38(40)24-25-56(57,3)47-32-50-45(31-46(47)51(30-37)60(39)57)42-16-11-17-44-53-49(59(50)54(42)44)23-22-43-41-15-7-8-19-52(41)61-55(43)53/h5-11,13-19,22-23,26,29-32,35-36H,2,4,12,20-21,24-25,27-28,33H2,1,3H3/q+2. The van der Waals surface area contributed by atoms with Crippen molar-refractivity contribution in [3.05, 3.63) is 156 Å². The van der Waals surface area contributed by atoms with Crippen LogP contribution in [0, 0.1) is 11.8 Å². The van der Waals surface area contributed by atoms with Crippen molar-refractivity contribution in [2.75, 3.05) is 0 Å². The van der Waals surface area contributed by atoms with Crippen LogP contribution >= 0.6 is 11.3 Å². The number of fused-ring (bicyclic) bond motifs is 16. The molecule has 4 heteroatoms. The molecule has 1 aliphatic carbocycles. The fourth-order valence-corrected chi connectivity index (χ4v) is 15.0. The van der Waals surface area contributed by atoms with Gasteiger partial charge in [0.2, 0.25) is 11.4 Å². The Morgan fingerprint density at radius 1 is 0.754 bits per heavy atom. The van der Waals surface area contributed by atoms with E-state index in [0.717, 1.165) is 31.1 Å². The molecule has 4 aliphatic rings. The van der Waals surface area contributed by atoms with Gasteiger partial charge in [0.05, 0.1) is 27.5 Å². The third-order valence-electron chi connectivity index (χ3n) is 16.5. The van der Waals surface area contributed by atoms with Crippen LogP contribution < -0.4 is 9.13 Å². The summed E-state index contributed by atoms with van der Waals surface area (Å²) in [5.74, 6) is 1.68. The van der Waals surface area contributed by atoms with Crippen LogP contribution in [0.15, 0.2) is 134 Å². The highest BCUT2D eigenvalue weighted by Crippen LogP contribution is 2.59. The zero-order valence-corrected chi connectivity index (χ0v) is 35.9. The fourth-order valence-electron chi connectivity index (χ4n) is 13.7. The Hall–Kier alpha value is -5.84. The molecule has 296 valence electrons. The van der Waals surface area contributed by atoms with E-state index in [2.05, 4.69) is 155 Å². The van der Waals surface area contributed by atoms with Gasteiger partial charge >= 0.3 is 0 Å². The van der Waals surface area contributed by atoms with Gasteiger partial charge < -0.3 is 4.40 Å². The summed E-state index contributed by atoms with van der Waals surface area (Å²) in [7, 11) is 0. The average Bonchev–Trinajstić information content (AvgIpc) is 4.05. The molecule has 10 aromatic rings. The molecule has 0 amide bonds. The molecule has 5 aromatic carbocycles. The summed E-state index contributed by atoms with van der Waals surface area (Å²) in [5, 5.41) is 8.19. The molecule has 14 rings (SSSR count). The SMILES string of the molecule is C=C1[n+]2ccccc2-c2ccccc2CCC2(C)c3cc4c(cc3-c3cc(CC5CCC(CCC)C5)cc5[n+]3C12C5)c1cccc2c3c5sc6ccccc6c5ccc3n4c12. The van der Waals surface area contributed by atoms with E-state index in [1.807, 2.05) is 11.3 Å². The van der Waals surface area contributed by atoms with Gasteiger partial charge in [-0.05, 0) is 111 Å². The lowest BCUT2D eigenvalue weighted by Gasteiger charge is -2.51. The smallest absolute Gasteiger partial charge is 0.270 e. The fraction of sp³-hybridized carbons (Fsp3) is 0.263. The zero-order chi connectivity index (χ0) is 40.4. The molecule has 3 nitrogen and oxygen atoms in total. The maximum absolute atomic E-state index is 5.17. The van der Waals surface area contributed by atoms with Crippen LogP contribution in [0.2, 0.25) is 0 Å². The van der Waals surface area contributed by atoms with Crippen molar-refractivity contribution < 1.29 is 9.13 Å². The van der Waals surface area contributed by atoms with Gasteiger partial charge in [0, 0.05) is 71.5 Å². The summed E-state index contributed by atoms with van der Waals surface area (Å²) in [5.41, 5.74) is 15.8. The van der Waals surface area contributed by atoms with Gasteiger partial charge in [-0.25, -0.2) is 0 Å². The first kappa shape index (κ1) is 34.8. The highest BCUT2D eigenvalue weighted by molar-refractivity contribution is 7.26. The van der Waals surface area contributed by atoms with Gasteiger partial charge in [0.15, 0.2) is 11.9 Å². The van der Waals surface area contributed by atoms with Crippen LogP contribution in [-0.2, 0) is 30.2 Å². The highest BCUT2D eigenvalue weighted by Gasteiger charge is 2.73. The van der Waals surface area contributed by atoms with Gasteiger partial charge in [-0.2, -0.15) is 9.13 Å². The van der Waals surface area contributed by atoms with Crippen LogP contribution in [0.1, 0.15) is 74.8 Å². The number of benzene rings is 5. The van der Waals surface area contributed by atoms with Gasteiger partial charge in [-0.3, -0.25) is 0 Å². The summed E-state index contributed by atoms with van der Waals surface area (Å²) >= 11 is 1.95. The first-order valence-corrected chi connectivity index (χ1v) is 23.7. The molecule has 5 aromatic heterocycles. The minimum Gasteiger partial charge on any atom is -0.308 e. The summed E-state index contributed by atoms with van der Waals surface area (Å²) < 4.78 is 10.6. The van der Waals surface area contributed by atoms with E-state index in [-0.39, 0.29) is 11.0 Å². The molecule has 0 saturated heterocycles. The molecule has 0 N–H and O–H groups in total. The number of aryl methyl sites for hydroxylation is 1. The van der Waals surface area contributed by atoms with Crippen molar-refractivity contribution in [3.63, 3.8) is 0 Å². The van der Waals surface area contributed by atoms with Crippen LogP contribution in [0.5, 0.6) is 0 Å². The predicted molar refractivity (Wildman–Crippen MR) is 254 cm³/mol. The number of para-hydroxylation sites is 1. The van der Waals surface area contributed by atoms with Gasteiger partial charge in [-0.1, -0.05) is 86.8 Å². The Morgan fingerprint density at radius 2 is 1.59 bits per heavy atom. The summed E-state index contributed by atoms with van der Waals surface area (Å²) in [4.78, 5) is 0. The van der Waals surface area contributed by atoms with E-state index in [9.17, 15) is 0 Å². The molecule has 0 bridgehead atoms. The Morgan fingerprint density at radius 3 is 2.52 bits per heavy atom. The largest absolute Gasteiger partial charge is 0.308 e. The number of allylic oxidation sites excluding steroid dienone is 1. The molecule has 8 heterocycles. The number of thiophene rings is 1. The molecule has 4 unspecified atom stereocenters.